The SMILES string of the molecule is C[C@H](c1ccccc1)N1[C@@H]2CC(=O)O[C@@H]2[C@H](OC(=O)c2ccc([N+](=O)[O-])cc2)[C@@H]1COC(=O)c1ccc([N+](=O)[O-])cc1. The minimum Gasteiger partial charge on any atom is -0.460 e. The van der Waals surface area contributed by atoms with Gasteiger partial charge in [0.1, 0.15) is 6.61 Å². The van der Waals surface area contributed by atoms with Crippen molar-refractivity contribution in [1.29, 1.82) is 0 Å². The van der Waals surface area contributed by atoms with Crippen LogP contribution in [0.1, 0.15) is 45.7 Å². The third-order valence-electron chi connectivity index (χ3n) is 7.48. The number of benzene rings is 3. The molecule has 216 valence electrons. The summed E-state index contributed by atoms with van der Waals surface area (Å²) >= 11 is 0. The van der Waals surface area contributed by atoms with Crippen molar-refractivity contribution in [2.24, 2.45) is 0 Å². The minimum atomic E-state index is -1.04. The van der Waals surface area contributed by atoms with E-state index in [0.717, 1.165) is 5.56 Å². The van der Waals surface area contributed by atoms with E-state index in [4.69, 9.17) is 14.2 Å². The molecular formula is C29H25N3O10. The highest BCUT2D eigenvalue weighted by molar-refractivity contribution is 5.90. The highest BCUT2D eigenvalue weighted by atomic mass is 16.6. The predicted molar refractivity (Wildman–Crippen MR) is 144 cm³/mol. The van der Waals surface area contributed by atoms with Crippen LogP contribution >= 0.6 is 0 Å². The molecule has 2 aliphatic rings. The number of nitro groups is 2. The normalized spacial score (nSPS) is 22.1. The lowest BCUT2D eigenvalue weighted by atomic mass is 10.0. The molecule has 0 N–H and O–H groups in total. The molecule has 5 atom stereocenters. The molecule has 13 nitrogen and oxygen atoms in total. The zero-order valence-electron chi connectivity index (χ0n) is 22.2. The fourth-order valence-corrected chi connectivity index (χ4v) is 5.44. The number of fused-ring (bicyclic) bond motifs is 1. The van der Waals surface area contributed by atoms with Crippen molar-refractivity contribution >= 4 is 29.3 Å². The van der Waals surface area contributed by atoms with E-state index in [1.165, 1.54) is 48.5 Å². The Morgan fingerprint density at radius 3 is 2.00 bits per heavy atom. The molecule has 0 aliphatic carbocycles. The van der Waals surface area contributed by atoms with Gasteiger partial charge in [0.15, 0.2) is 12.2 Å². The molecule has 13 heteroatoms. The van der Waals surface area contributed by atoms with Crippen LogP contribution < -0.4 is 0 Å². The summed E-state index contributed by atoms with van der Waals surface area (Å²) in [5.74, 6) is -2.00. The molecule has 42 heavy (non-hydrogen) atoms. The zero-order chi connectivity index (χ0) is 30.0. The van der Waals surface area contributed by atoms with Gasteiger partial charge in [-0.15, -0.1) is 0 Å². The molecule has 0 bridgehead atoms. The number of nitrogens with zero attached hydrogens (tertiary/aromatic N) is 3. The molecule has 0 saturated carbocycles. The number of carbonyl (C=O) groups excluding carboxylic acids is 3. The van der Waals surface area contributed by atoms with Gasteiger partial charge in [-0.1, -0.05) is 30.3 Å². The molecule has 0 radical (unpaired) electrons. The third kappa shape index (κ3) is 5.67. The van der Waals surface area contributed by atoms with Gasteiger partial charge in [0.25, 0.3) is 11.4 Å². The summed E-state index contributed by atoms with van der Waals surface area (Å²) in [5.41, 5.74) is 0.670. The summed E-state index contributed by atoms with van der Waals surface area (Å²) in [6.07, 6.45) is -1.87. The second-order valence-electron chi connectivity index (χ2n) is 9.90. The van der Waals surface area contributed by atoms with E-state index in [1.54, 1.807) is 0 Å². The van der Waals surface area contributed by atoms with E-state index in [1.807, 2.05) is 42.2 Å². The van der Waals surface area contributed by atoms with E-state index >= 15 is 0 Å². The summed E-state index contributed by atoms with van der Waals surface area (Å²) in [4.78, 5) is 61.2. The number of carbonyl (C=O) groups is 3. The Bertz CT molecular complexity index is 1510. The van der Waals surface area contributed by atoms with Crippen molar-refractivity contribution < 1.29 is 38.4 Å². The predicted octanol–water partition coefficient (Wildman–Crippen LogP) is 4.01. The molecule has 3 aromatic rings. The fraction of sp³-hybridized carbons (Fsp3) is 0.276. The molecule has 2 aliphatic heterocycles. The van der Waals surface area contributed by atoms with Gasteiger partial charge < -0.3 is 14.2 Å². The molecule has 2 heterocycles. The highest BCUT2D eigenvalue weighted by Gasteiger charge is 2.58. The number of likely N-dealkylation sites (tertiary alicyclic amines) is 1. The van der Waals surface area contributed by atoms with Crippen molar-refractivity contribution in [3.63, 3.8) is 0 Å². The average Bonchev–Trinajstić information content (AvgIpc) is 3.50. The van der Waals surface area contributed by atoms with Crippen molar-refractivity contribution in [2.75, 3.05) is 6.61 Å². The van der Waals surface area contributed by atoms with Crippen LogP contribution in [0.4, 0.5) is 11.4 Å². The Hall–Kier alpha value is -5.17. The number of hydrogen-bond donors (Lipinski definition) is 0. The highest BCUT2D eigenvalue weighted by Crippen LogP contribution is 2.42. The first-order chi connectivity index (χ1) is 20.1. The number of rotatable bonds is 9. The number of ether oxygens (including phenoxy) is 3. The molecule has 0 spiro atoms. The topological polar surface area (TPSA) is 168 Å². The average molecular weight is 576 g/mol. The zero-order valence-corrected chi connectivity index (χ0v) is 22.2. The summed E-state index contributed by atoms with van der Waals surface area (Å²) < 4.78 is 17.1. The van der Waals surface area contributed by atoms with Crippen LogP contribution in [-0.4, -0.2) is 63.6 Å². The van der Waals surface area contributed by atoms with Gasteiger partial charge in [0.2, 0.25) is 0 Å². The quantitative estimate of drug-likeness (QED) is 0.156. The van der Waals surface area contributed by atoms with Gasteiger partial charge in [0.05, 0.1) is 39.5 Å². The van der Waals surface area contributed by atoms with Gasteiger partial charge >= 0.3 is 17.9 Å². The van der Waals surface area contributed by atoms with Crippen molar-refractivity contribution in [1.82, 2.24) is 4.90 Å². The maximum atomic E-state index is 13.2. The number of nitro benzene ring substituents is 2. The molecule has 3 aromatic carbocycles. The molecular weight excluding hydrogens is 550 g/mol. The summed E-state index contributed by atoms with van der Waals surface area (Å²) in [7, 11) is 0. The molecule has 2 fully saturated rings. The van der Waals surface area contributed by atoms with Gasteiger partial charge in [-0.05, 0) is 36.8 Å². The molecule has 0 aromatic heterocycles. The van der Waals surface area contributed by atoms with Crippen molar-refractivity contribution in [3.8, 4) is 0 Å². The minimum absolute atomic E-state index is 0.0280. The number of hydrogen-bond acceptors (Lipinski definition) is 11. The smallest absolute Gasteiger partial charge is 0.338 e. The Morgan fingerprint density at radius 1 is 0.905 bits per heavy atom. The molecule has 0 unspecified atom stereocenters. The van der Waals surface area contributed by atoms with E-state index in [-0.39, 0.29) is 41.6 Å². The van der Waals surface area contributed by atoms with Crippen molar-refractivity contribution in [2.45, 2.75) is 43.7 Å². The monoisotopic (exact) mass is 575 g/mol. The third-order valence-corrected chi connectivity index (χ3v) is 7.48. The second-order valence-corrected chi connectivity index (χ2v) is 9.90. The lowest BCUT2D eigenvalue weighted by Gasteiger charge is -2.34. The lowest BCUT2D eigenvalue weighted by molar-refractivity contribution is -0.385. The summed E-state index contributed by atoms with van der Waals surface area (Å²) in [5, 5.41) is 22.0. The first-order valence-electron chi connectivity index (χ1n) is 13.0. The molecule has 5 rings (SSSR count). The van der Waals surface area contributed by atoms with Crippen LogP contribution in [0.15, 0.2) is 78.9 Å². The van der Waals surface area contributed by atoms with E-state index in [9.17, 15) is 34.6 Å². The van der Waals surface area contributed by atoms with Crippen LogP contribution in [0, 0.1) is 20.2 Å². The van der Waals surface area contributed by atoms with E-state index in [2.05, 4.69) is 0 Å². The lowest BCUT2D eigenvalue weighted by Crippen LogP contribution is -2.45. The van der Waals surface area contributed by atoms with Crippen LogP contribution in [0.2, 0.25) is 0 Å². The largest absolute Gasteiger partial charge is 0.460 e. The fourth-order valence-electron chi connectivity index (χ4n) is 5.44. The van der Waals surface area contributed by atoms with Crippen LogP contribution in [0.25, 0.3) is 0 Å². The molecule has 2 saturated heterocycles. The molecule has 0 amide bonds. The second kappa shape index (κ2) is 11.7. The van der Waals surface area contributed by atoms with Crippen molar-refractivity contribution in [3.05, 3.63) is 116 Å². The first-order valence-corrected chi connectivity index (χ1v) is 13.0. The Labute approximate surface area is 238 Å². The van der Waals surface area contributed by atoms with Crippen LogP contribution in [-0.2, 0) is 19.0 Å². The van der Waals surface area contributed by atoms with E-state index in [0.29, 0.717) is 0 Å². The van der Waals surface area contributed by atoms with Crippen LogP contribution in [0.5, 0.6) is 0 Å². The van der Waals surface area contributed by atoms with Gasteiger partial charge in [-0.3, -0.25) is 29.9 Å². The first kappa shape index (κ1) is 28.4. The van der Waals surface area contributed by atoms with Crippen LogP contribution in [0.3, 0.4) is 0 Å². The van der Waals surface area contributed by atoms with Gasteiger partial charge in [0, 0.05) is 30.3 Å². The number of non-ortho nitro benzene ring substituents is 2. The Kier molecular flexibility index (Phi) is 7.93. The standard InChI is InChI=1S/C29H25N3O10/c1-17(18-5-3-2-4-6-18)30-23-15-25(33)41-26(23)27(42-29(35)20-9-13-22(14-10-20)32(38)39)24(30)16-40-28(34)19-7-11-21(12-8-19)31(36)37/h2-14,17,23-24,26-27H,15-16H2,1H3/t17-,23-,24+,26+,27-/m1/s1. The summed E-state index contributed by atoms with van der Waals surface area (Å²) in [6.45, 7) is 1.66. The van der Waals surface area contributed by atoms with Gasteiger partial charge in [-0.25, -0.2) is 9.59 Å². The maximum Gasteiger partial charge on any atom is 0.338 e. The summed E-state index contributed by atoms with van der Waals surface area (Å²) in [6, 6.07) is 17.7. The van der Waals surface area contributed by atoms with E-state index < -0.39 is 52.0 Å². The number of esters is 3. The van der Waals surface area contributed by atoms with Gasteiger partial charge in [-0.2, -0.15) is 0 Å². The maximum absolute atomic E-state index is 13.2. The Balaban J connectivity index is 1.43. The Morgan fingerprint density at radius 2 is 1.45 bits per heavy atom.